The number of anilines is 1. The van der Waals surface area contributed by atoms with Crippen LogP contribution in [0.25, 0.3) is 0 Å². The lowest BCUT2D eigenvalue weighted by Gasteiger charge is -2.20. The van der Waals surface area contributed by atoms with Gasteiger partial charge in [-0.2, -0.15) is 0 Å². The molecule has 0 radical (unpaired) electrons. The van der Waals surface area contributed by atoms with Gasteiger partial charge in [0.2, 0.25) is 0 Å². The first-order valence-corrected chi connectivity index (χ1v) is 9.85. The van der Waals surface area contributed by atoms with Gasteiger partial charge in [0, 0.05) is 25.7 Å². The summed E-state index contributed by atoms with van der Waals surface area (Å²) < 4.78 is 31.9. The molecule has 0 spiro atoms. The number of ether oxygens (including phenoxy) is 1. The van der Waals surface area contributed by atoms with Crippen LogP contribution in [0.4, 0.5) is 5.69 Å². The van der Waals surface area contributed by atoms with Crippen LogP contribution in [0.5, 0.6) is 5.75 Å². The van der Waals surface area contributed by atoms with Gasteiger partial charge >= 0.3 is 0 Å². The highest BCUT2D eigenvalue weighted by Crippen LogP contribution is 2.24. The molecule has 7 nitrogen and oxygen atoms in total. The Balaban J connectivity index is 2.20. The number of sulfonamides is 1. The highest BCUT2D eigenvalue weighted by atomic mass is 32.2. The maximum atomic E-state index is 12.8. The number of carbonyl (C=O) groups excluding carboxylic acids is 1. The van der Waals surface area contributed by atoms with E-state index in [2.05, 4.69) is 5.32 Å². The first-order valence-electron chi connectivity index (χ1n) is 8.41. The molecule has 0 unspecified atom stereocenters. The number of benzene rings is 2. The van der Waals surface area contributed by atoms with Gasteiger partial charge in [-0.25, -0.2) is 8.42 Å². The number of rotatable bonds is 8. The molecule has 2 rings (SSSR count). The van der Waals surface area contributed by atoms with Gasteiger partial charge in [0.15, 0.2) is 0 Å². The minimum Gasteiger partial charge on any atom is -0.497 e. The Kier molecular flexibility index (Phi) is 6.81. The van der Waals surface area contributed by atoms with E-state index in [0.29, 0.717) is 23.5 Å². The van der Waals surface area contributed by atoms with Gasteiger partial charge in [0.1, 0.15) is 5.75 Å². The summed E-state index contributed by atoms with van der Waals surface area (Å²) in [7, 11) is 3.08. The third kappa shape index (κ3) is 5.21. The number of hydrogen-bond acceptors (Lipinski definition) is 5. The summed E-state index contributed by atoms with van der Waals surface area (Å²) in [6, 6.07) is 12.7. The quantitative estimate of drug-likeness (QED) is 0.743. The zero-order chi connectivity index (χ0) is 20.0. The molecule has 1 amide bonds. The van der Waals surface area contributed by atoms with Crippen molar-refractivity contribution in [2.45, 2.75) is 4.90 Å². The first kappa shape index (κ1) is 20.7. The molecule has 0 saturated heterocycles. The van der Waals surface area contributed by atoms with Gasteiger partial charge in [-0.15, -0.1) is 0 Å². The van der Waals surface area contributed by atoms with Gasteiger partial charge in [0.25, 0.3) is 15.9 Å². The minimum atomic E-state index is -3.75. The van der Waals surface area contributed by atoms with Crippen molar-refractivity contribution in [1.82, 2.24) is 10.2 Å². The normalized spacial score (nSPS) is 11.3. The fourth-order valence-electron chi connectivity index (χ4n) is 2.38. The maximum Gasteiger partial charge on any atom is 0.264 e. The summed E-state index contributed by atoms with van der Waals surface area (Å²) in [5, 5.41) is 2.82. The second kappa shape index (κ2) is 8.88. The van der Waals surface area contributed by atoms with Crippen LogP contribution in [0, 0.1) is 0 Å². The highest BCUT2D eigenvalue weighted by molar-refractivity contribution is 7.92. The second-order valence-electron chi connectivity index (χ2n) is 6.26. The van der Waals surface area contributed by atoms with Crippen molar-refractivity contribution >= 4 is 21.6 Å². The average molecular weight is 391 g/mol. The molecule has 1 N–H and O–H groups in total. The smallest absolute Gasteiger partial charge is 0.264 e. The molecule has 0 aliphatic heterocycles. The lowest BCUT2D eigenvalue weighted by molar-refractivity contribution is 0.0951. The Morgan fingerprint density at radius 3 is 2.33 bits per heavy atom. The molecule has 0 bridgehead atoms. The van der Waals surface area contributed by atoms with E-state index in [4.69, 9.17) is 4.74 Å². The number of likely N-dealkylation sites (N-methyl/N-ethyl adjacent to an activating group) is 1. The van der Waals surface area contributed by atoms with Crippen molar-refractivity contribution in [3.8, 4) is 5.75 Å². The van der Waals surface area contributed by atoms with Crippen LogP contribution >= 0.6 is 0 Å². The van der Waals surface area contributed by atoms with Crippen LogP contribution in [-0.2, 0) is 10.0 Å². The number of carbonyl (C=O) groups is 1. The molecule has 0 fully saturated rings. The summed E-state index contributed by atoms with van der Waals surface area (Å²) in [6.07, 6.45) is 0. The molecule has 0 aromatic heterocycles. The summed E-state index contributed by atoms with van der Waals surface area (Å²) in [5.41, 5.74) is 0.814. The molecular weight excluding hydrogens is 366 g/mol. The van der Waals surface area contributed by atoms with E-state index in [0.717, 1.165) is 10.8 Å². The van der Waals surface area contributed by atoms with Gasteiger partial charge in [-0.3, -0.25) is 9.10 Å². The third-order valence-electron chi connectivity index (χ3n) is 4.03. The Morgan fingerprint density at radius 2 is 1.74 bits per heavy atom. The van der Waals surface area contributed by atoms with Gasteiger partial charge < -0.3 is 15.0 Å². The standard InChI is InChI=1S/C19H25N3O4S/c1-21(2)13-12-20-19(23)15-6-5-7-16(14-15)22(3)27(24,25)18-10-8-17(26-4)9-11-18/h5-11,14H,12-13H2,1-4H3,(H,20,23). The van der Waals surface area contributed by atoms with Crippen LogP contribution in [-0.4, -0.2) is 60.6 Å². The first-order chi connectivity index (χ1) is 12.8. The largest absolute Gasteiger partial charge is 0.497 e. The topological polar surface area (TPSA) is 79.0 Å². The lowest BCUT2D eigenvalue weighted by atomic mass is 10.2. The van der Waals surface area contributed by atoms with Gasteiger partial charge in [-0.05, 0) is 56.6 Å². The Bertz CT molecular complexity index is 880. The van der Waals surface area contributed by atoms with Gasteiger partial charge in [-0.1, -0.05) is 6.07 Å². The molecule has 0 saturated carbocycles. The van der Waals surface area contributed by atoms with Crippen molar-refractivity contribution in [2.24, 2.45) is 0 Å². The molecule has 0 aliphatic rings. The van der Waals surface area contributed by atoms with E-state index in [1.54, 1.807) is 36.4 Å². The number of hydrogen-bond donors (Lipinski definition) is 1. The van der Waals surface area contributed by atoms with Crippen LogP contribution in [0.15, 0.2) is 53.4 Å². The number of methoxy groups -OCH3 is 1. The molecule has 0 aliphatic carbocycles. The summed E-state index contributed by atoms with van der Waals surface area (Å²) in [5.74, 6) is 0.335. The van der Waals surface area contributed by atoms with E-state index in [1.807, 2.05) is 19.0 Å². The van der Waals surface area contributed by atoms with Crippen molar-refractivity contribution in [3.63, 3.8) is 0 Å². The van der Waals surface area contributed by atoms with E-state index in [9.17, 15) is 13.2 Å². The summed E-state index contributed by atoms with van der Waals surface area (Å²) in [4.78, 5) is 14.4. The average Bonchev–Trinajstić information content (AvgIpc) is 2.67. The Labute approximate surface area is 160 Å². The van der Waals surface area contributed by atoms with Crippen molar-refractivity contribution in [1.29, 1.82) is 0 Å². The fraction of sp³-hybridized carbons (Fsp3) is 0.316. The third-order valence-corrected chi connectivity index (χ3v) is 5.83. The highest BCUT2D eigenvalue weighted by Gasteiger charge is 2.22. The van der Waals surface area contributed by atoms with Gasteiger partial charge in [0.05, 0.1) is 17.7 Å². The van der Waals surface area contributed by atoms with Crippen molar-refractivity contribution < 1.29 is 17.9 Å². The molecule has 27 heavy (non-hydrogen) atoms. The van der Waals surface area contributed by atoms with Crippen molar-refractivity contribution in [2.75, 3.05) is 45.6 Å². The lowest BCUT2D eigenvalue weighted by Crippen LogP contribution is -2.31. The van der Waals surface area contributed by atoms with Crippen LogP contribution < -0.4 is 14.4 Å². The minimum absolute atomic E-state index is 0.145. The Hall–Kier alpha value is -2.58. The van der Waals surface area contributed by atoms with E-state index in [1.165, 1.54) is 26.3 Å². The van der Waals surface area contributed by atoms with Crippen LogP contribution in [0.3, 0.4) is 0 Å². The summed E-state index contributed by atoms with van der Waals surface area (Å²) >= 11 is 0. The number of amides is 1. The maximum absolute atomic E-state index is 12.8. The molecule has 2 aromatic carbocycles. The molecule has 0 atom stereocenters. The number of nitrogens with zero attached hydrogens (tertiary/aromatic N) is 2. The Morgan fingerprint density at radius 1 is 1.07 bits per heavy atom. The fourth-order valence-corrected chi connectivity index (χ4v) is 3.57. The van der Waals surface area contributed by atoms with Crippen LogP contribution in [0.2, 0.25) is 0 Å². The molecule has 0 heterocycles. The molecular formula is C19H25N3O4S. The molecule has 2 aromatic rings. The predicted molar refractivity (Wildman–Crippen MR) is 106 cm³/mol. The predicted octanol–water partition coefficient (Wildman–Crippen LogP) is 1.81. The SMILES string of the molecule is COc1ccc(S(=O)(=O)N(C)c2cccc(C(=O)NCCN(C)C)c2)cc1. The monoisotopic (exact) mass is 391 g/mol. The van der Waals surface area contributed by atoms with E-state index >= 15 is 0 Å². The summed E-state index contributed by atoms with van der Waals surface area (Å²) in [6.45, 7) is 1.23. The molecule has 146 valence electrons. The van der Waals surface area contributed by atoms with Crippen LogP contribution in [0.1, 0.15) is 10.4 Å². The van der Waals surface area contributed by atoms with E-state index < -0.39 is 10.0 Å². The molecule has 8 heteroatoms. The second-order valence-corrected chi connectivity index (χ2v) is 8.23. The zero-order valence-corrected chi connectivity index (χ0v) is 16.8. The van der Waals surface area contributed by atoms with Crippen molar-refractivity contribution in [3.05, 3.63) is 54.1 Å². The zero-order valence-electron chi connectivity index (χ0n) is 16.0. The van der Waals surface area contributed by atoms with E-state index in [-0.39, 0.29) is 10.8 Å². The number of nitrogens with one attached hydrogen (secondary N) is 1.